The van der Waals surface area contributed by atoms with Crippen LogP contribution in [-0.4, -0.2) is 55.6 Å². The maximum atomic E-state index is 11.9. The Morgan fingerprint density at radius 2 is 2.07 bits per heavy atom. The zero-order valence-corrected chi connectivity index (χ0v) is 16.5. The summed E-state index contributed by atoms with van der Waals surface area (Å²) in [6.45, 7) is 7.93. The number of carbonyl (C=O) groups excluding carboxylic acids is 1. The number of likely N-dealkylation sites (tertiary alicyclic amines) is 1. The summed E-state index contributed by atoms with van der Waals surface area (Å²) in [4.78, 5) is 18.7. The molecule has 3 atom stereocenters. The molecule has 1 aromatic carbocycles. The summed E-state index contributed by atoms with van der Waals surface area (Å²) < 4.78 is 5.98. The maximum absolute atomic E-state index is 11.9. The number of benzene rings is 1. The van der Waals surface area contributed by atoms with Gasteiger partial charge in [0, 0.05) is 51.2 Å². The molecule has 1 amide bonds. The lowest BCUT2D eigenvalue weighted by Crippen LogP contribution is -2.45. The van der Waals surface area contributed by atoms with E-state index < -0.39 is 0 Å². The number of guanidine groups is 1. The van der Waals surface area contributed by atoms with Crippen LogP contribution < -0.4 is 10.6 Å². The molecule has 0 aromatic heterocycles. The molecular weight excluding hydrogens is 340 g/mol. The summed E-state index contributed by atoms with van der Waals surface area (Å²) in [7, 11) is 0. The van der Waals surface area contributed by atoms with Crippen LogP contribution in [0.4, 0.5) is 0 Å². The van der Waals surface area contributed by atoms with Gasteiger partial charge in [-0.25, -0.2) is 0 Å². The van der Waals surface area contributed by atoms with Gasteiger partial charge < -0.3 is 20.3 Å². The highest BCUT2D eigenvalue weighted by Crippen LogP contribution is 2.34. The van der Waals surface area contributed by atoms with Gasteiger partial charge >= 0.3 is 0 Å². The van der Waals surface area contributed by atoms with Gasteiger partial charge in [0.2, 0.25) is 5.91 Å². The van der Waals surface area contributed by atoms with Crippen molar-refractivity contribution < 1.29 is 9.53 Å². The first-order valence-corrected chi connectivity index (χ1v) is 10.2. The first kappa shape index (κ1) is 19.7. The Labute approximate surface area is 162 Å². The van der Waals surface area contributed by atoms with E-state index in [2.05, 4.69) is 41.8 Å². The second kappa shape index (κ2) is 9.74. The predicted octanol–water partition coefficient (Wildman–Crippen LogP) is 2.33. The average Bonchev–Trinajstić information content (AvgIpc) is 3.36. The molecule has 0 spiro atoms. The van der Waals surface area contributed by atoms with Crippen molar-refractivity contribution in [2.75, 3.05) is 32.8 Å². The first-order chi connectivity index (χ1) is 13.2. The molecule has 3 rings (SSSR count). The molecule has 0 aliphatic carbocycles. The van der Waals surface area contributed by atoms with Gasteiger partial charge in [-0.3, -0.25) is 9.79 Å². The van der Waals surface area contributed by atoms with Crippen LogP contribution in [0.15, 0.2) is 35.3 Å². The summed E-state index contributed by atoms with van der Waals surface area (Å²) in [5.41, 5.74) is 1.23. The summed E-state index contributed by atoms with van der Waals surface area (Å²) in [5.74, 6) is 1.46. The summed E-state index contributed by atoms with van der Waals surface area (Å²) >= 11 is 0. The smallest absolute Gasteiger partial charge is 0.222 e. The molecule has 6 heteroatoms. The van der Waals surface area contributed by atoms with E-state index in [1.165, 1.54) is 5.56 Å². The van der Waals surface area contributed by atoms with E-state index in [0.717, 1.165) is 51.6 Å². The van der Waals surface area contributed by atoms with Gasteiger partial charge in [0.15, 0.2) is 5.96 Å². The molecule has 27 heavy (non-hydrogen) atoms. The van der Waals surface area contributed by atoms with Crippen LogP contribution in [0.25, 0.3) is 0 Å². The number of amides is 1. The van der Waals surface area contributed by atoms with Gasteiger partial charge in [0.1, 0.15) is 0 Å². The van der Waals surface area contributed by atoms with E-state index in [-0.39, 0.29) is 18.1 Å². The molecule has 2 N–H and O–H groups in total. The zero-order chi connectivity index (χ0) is 19.1. The van der Waals surface area contributed by atoms with Crippen LogP contribution in [0, 0.1) is 5.92 Å². The molecule has 2 aliphatic rings. The largest absolute Gasteiger partial charge is 0.373 e. The molecule has 2 heterocycles. The first-order valence-electron chi connectivity index (χ1n) is 10.2. The molecule has 148 valence electrons. The van der Waals surface area contributed by atoms with Gasteiger partial charge in [-0.2, -0.15) is 0 Å². The number of nitrogens with one attached hydrogen (secondary N) is 2. The summed E-state index contributed by atoms with van der Waals surface area (Å²) in [5, 5.41) is 6.85. The van der Waals surface area contributed by atoms with E-state index >= 15 is 0 Å². The third-order valence-electron chi connectivity index (χ3n) is 5.35. The fourth-order valence-corrected chi connectivity index (χ4v) is 3.88. The molecule has 2 aliphatic heterocycles. The highest BCUT2D eigenvalue weighted by molar-refractivity contribution is 5.80. The van der Waals surface area contributed by atoms with Crippen molar-refractivity contribution in [3.63, 3.8) is 0 Å². The second-order valence-electron chi connectivity index (χ2n) is 7.29. The Kier molecular flexibility index (Phi) is 7.10. The van der Waals surface area contributed by atoms with E-state index in [1.54, 1.807) is 0 Å². The Hall–Kier alpha value is -2.08. The summed E-state index contributed by atoms with van der Waals surface area (Å²) in [6, 6.07) is 10.7. The molecule has 6 nitrogen and oxygen atoms in total. The normalized spacial score (nSPS) is 25.6. The molecule has 2 saturated heterocycles. The third-order valence-corrected chi connectivity index (χ3v) is 5.35. The van der Waals surface area contributed by atoms with Crippen LogP contribution >= 0.6 is 0 Å². The monoisotopic (exact) mass is 372 g/mol. The Bertz CT molecular complexity index is 634. The lowest BCUT2D eigenvalue weighted by atomic mass is 9.95. The third kappa shape index (κ3) is 5.22. The van der Waals surface area contributed by atoms with Gasteiger partial charge in [0.25, 0.3) is 0 Å². The minimum absolute atomic E-state index is 0.127. The van der Waals surface area contributed by atoms with Crippen molar-refractivity contribution in [1.82, 2.24) is 15.5 Å². The Morgan fingerprint density at radius 3 is 2.81 bits per heavy atom. The highest BCUT2D eigenvalue weighted by atomic mass is 16.5. The maximum Gasteiger partial charge on any atom is 0.222 e. The molecule has 0 saturated carbocycles. The van der Waals surface area contributed by atoms with Crippen LogP contribution in [0.1, 0.15) is 44.8 Å². The number of aliphatic imine (C=N–C) groups is 1. The molecule has 0 radical (unpaired) electrons. The van der Waals surface area contributed by atoms with Crippen molar-refractivity contribution >= 4 is 11.9 Å². The molecule has 3 unspecified atom stereocenters. The summed E-state index contributed by atoms with van der Waals surface area (Å²) in [6.07, 6.45) is 2.70. The van der Waals surface area contributed by atoms with Gasteiger partial charge in [-0.05, 0) is 25.3 Å². The number of ether oxygens (including phenoxy) is 1. The fourth-order valence-electron chi connectivity index (χ4n) is 3.88. The van der Waals surface area contributed by atoms with E-state index in [4.69, 9.17) is 9.73 Å². The minimum Gasteiger partial charge on any atom is -0.373 e. The quantitative estimate of drug-likeness (QED) is 0.594. The van der Waals surface area contributed by atoms with Crippen LogP contribution in [0.5, 0.6) is 0 Å². The number of rotatable bonds is 6. The molecule has 1 aromatic rings. The number of hydrogen-bond acceptors (Lipinski definition) is 3. The van der Waals surface area contributed by atoms with Crippen LogP contribution in [0.2, 0.25) is 0 Å². The van der Waals surface area contributed by atoms with Crippen molar-refractivity contribution in [2.45, 2.75) is 45.3 Å². The average molecular weight is 373 g/mol. The van der Waals surface area contributed by atoms with Gasteiger partial charge in [0.05, 0.1) is 6.10 Å². The number of nitrogens with zero attached hydrogens (tertiary/aromatic N) is 2. The fraction of sp³-hybridized carbons (Fsp3) is 0.619. The standard InChI is InChI=1S/C21H32N4O2/c1-3-19(26)25-12-10-18(15-25)24-21(22-4-2)23-14-17-11-13-27-20(17)16-8-6-5-7-9-16/h5-9,17-18,20H,3-4,10-15H2,1-2H3,(H2,22,23,24). The van der Waals surface area contributed by atoms with E-state index in [9.17, 15) is 4.79 Å². The highest BCUT2D eigenvalue weighted by Gasteiger charge is 2.30. The van der Waals surface area contributed by atoms with Crippen molar-refractivity contribution in [2.24, 2.45) is 10.9 Å². The SMILES string of the molecule is CCNC(=NCC1CCOC1c1ccccc1)NC1CCN(C(=O)CC)C1. The molecular formula is C21H32N4O2. The molecule has 2 fully saturated rings. The topological polar surface area (TPSA) is 66.0 Å². The van der Waals surface area contributed by atoms with Crippen molar-refractivity contribution in [3.8, 4) is 0 Å². The van der Waals surface area contributed by atoms with Crippen molar-refractivity contribution in [3.05, 3.63) is 35.9 Å². The Morgan fingerprint density at radius 1 is 1.26 bits per heavy atom. The lowest BCUT2D eigenvalue weighted by molar-refractivity contribution is -0.129. The van der Waals surface area contributed by atoms with Crippen molar-refractivity contribution in [1.29, 1.82) is 0 Å². The van der Waals surface area contributed by atoms with Gasteiger partial charge in [-0.15, -0.1) is 0 Å². The molecule has 0 bridgehead atoms. The number of hydrogen-bond donors (Lipinski definition) is 2. The lowest BCUT2D eigenvalue weighted by Gasteiger charge is -2.20. The predicted molar refractivity (Wildman–Crippen MR) is 108 cm³/mol. The minimum atomic E-state index is 0.127. The van der Waals surface area contributed by atoms with Gasteiger partial charge in [-0.1, -0.05) is 37.3 Å². The Balaban J connectivity index is 1.58. The van der Waals surface area contributed by atoms with Crippen LogP contribution in [-0.2, 0) is 9.53 Å². The second-order valence-corrected chi connectivity index (χ2v) is 7.29. The van der Waals surface area contributed by atoms with Crippen LogP contribution in [0.3, 0.4) is 0 Å². The van der Waals surface area contributed by atoms with E-state index in [0.29, 0.717) is 12.3 Å². The zero-order valence-electron chi connectivity index (χ0n) is 16.5. The van der Waals surface area contributed by atoms with E-state index in [1.807, 2.05) is 17.9 Å². The number of carbonyl (C=O) groups is 1.